The van der Waals surface area contributed by atoms with Crippen molar-refractivity contribution < 1.29 is 14.3 Å². The lowest BCUT2D eigenvalue weighted by Gasteiger charge is -2.15. The molecule has 1 amide bonds. The van der Waals surface area contributed by atoms with Crippen LogP contribution in [0, 0.1) is 0 Å². The molecule has 0 spiro atoms. The van der Waals surface area contributed by atoms with Gasteiger partial charge in [0.2, 0.25) is 0 Å². The lowest BCUT2D eigenvalue weighted by molar-refractivity contribution is -0.122. The number of rotatable bonds is 5. The van der Waals surface area contributed by atoms with Crippen LogP contribution in [0.5, 0.6) is 5.75 Å². The molecule has 2 aromatic rings. The van der Waals surface area contributed by atoms with Gasteiger partial charge in [0, 0.05) is 11.3 Å². The molecule has 124 valence electrons. The third kappa shape index (κ3) is 3.65. The van der Waals surface area contributed by atoms with Crippen LogP contribution in [-0.2, 0) is 17.6 Å². The number of benzene rings is 2. The lowest BCUT2D eigenvalue weighted by atomic mass is 10.1. The predicted octanol–water partition coefficient (Wildman–Crippen LogP) is 3.78. The minimum atomic E-state index is -0.652. The van der Waals surface area contributed by atoms with Crippen molar-refractivity contribution >= 4 is 17.4 Å². The molecule has 1 aliphatic rings. The van der Waals surface area contributed by atoms with E-state index < -0.39 is 6.10 Å². The van der Waals surface area contributed by atoms with Gasteiger partial charge in [-0.25, -0.2) is 0 Å². The summed E-state index contributed by atoms with van der Waals surface area (Å²) in [4.78, 5) is 23.7. The first kappa shape index (κ1) is 16.2. The van der Waals surface area contributed by atoms with E-state index in [1.54, 1.807) is 31.2 Å². The quantitative estimate of drug-likeness (QED) is 0.852. The monoisotopic (exact) mass is 323 g/mol. The zero-order valence-corrected chi connectivity index (χ0v) is 14.0. The van der Waals surface area contributed by atoms with E-state index in [9.17, 15) is 9.59 Å². The van der Waals surface area contributed by atoms with Crippen LogP contribution in [0.1, 0.15) is 41.8 Å². The summed E-state index contributed by atoms with van der Waals surface area (Å²) in [6, 6.07) is 12.9. The third-order valence-corrected chi connectivity index (χ3v) is 4.29. The van der Waals surface area contributed by atoms with Crippen molar-refractivity contribution in [3.05, 3.63) is 59.2 Å². The van der Waals surface area contributed by atoms with Gasteiger partial charge in [-0.15, -0.1) is 0 Å². The van der Waals surface area contributed by atoms with Crippen LogP contribution < -0.4 is 10.1 Å². The van der Waals surface area contributed by atoms with E-state index >= 15 is 0 Å². The molecule has 4 heteroatoms. The molecule has 0 fully saturated rings. The van der Waals surface area contributed by atoms with Crippen molar-refractivity contribution in [2.24, 2.45) is 0 Å². The normalized spacial score (nSPS) is 13.9. The van der Waals surface area contributed by atoms with E-state index in [2.05, 4.69) is 11.4 Å². The summed E-state index contributed by atoms with van der Waals surface area (Å²) in [7, 11) is 0. The molecule has 3 rings (SSSR count). The Morgan fingerprint density at radius 2 is 1.88 bits per heavy atom. The predicted molar refractivity (Wildman–Crippen MR) is 93.6 cm³/mol. The molecule has 24 heavy (non-hydrogen) atoms. The molecule has 0 saturated heterocycles. The number of carbonyl (C=O) groups is 2. The zero-order valence-electron chi connectivity index (χ0n) is 14.0. The SMILES string of the molecule is CC(=O)c1cccc(OC(C)C(=O)Nc2ccc3c(c2)CCC3)c1. The van der Waals surface area contributed by atoms with E-state index in [4.69, 9.17) is 4.74 Å². The summed E-state index contributed by atoms with van der Waals surface area (Å²) >= 11 is 0. The zero-order chi connectivity index (χ0) is 17.1. The molecule has 0 saturated carbocycles. The van der Waals surface area contributed by atoms with Crippen LogP contribution in [-0.4, -0.2) is 17.8 Å². The van der Waals surface area contributed by atoms with Crippen LogP contribution in [0.3, 0.4) is 0 Å². The largest absolute Gasteiger partial charge is 0.481 e. The second-order valence-electron chi connectivity index (χ2n) is 6.17. The number of hydrogen-bond acceptors (Lipinski definition) is 3. The van der Waals surface area contributed by atoms with Gasteiger partial charge in [-0.05, 0) is 68.5 Å². The molecule has 4 nitrogen and oxygen atoms in total. The maximum absolute atomic E-state index is 12.3. The average molecular weight is 323 g/mol. The molecule has 0 radical (unpaired) electrons. The summed E-state index contributed by atoms with van der Waals surface area (Å²) in [6.45, 7) is 3.20. The Morgan fingerprint density at radius 1 is 1.08 bits per heavy atom. The molecular formula is C20H21NO3. The van der Waals surface area contributed by atoms with Crippen molar-refractivity contribution in [3.8, 4) is 5.75 Å². The number of carbonyl (C=O) groups excluding carboxylic acids is 2. The highest BCUT2D eigenvalue weighted by Crippen LogP contribution is 2.25. The maximum atomic E-state index is 12.3. The molecule has 0 bridgehead atoms. The summed E-state index contributed by atoms with van der Waals surface area (Å²) in [5, 5.41) is 2.90. The number of hydrogen-bond donors (Lipinski definition) is 1. The van der Waals surface area contributed by atoms with Crippen molar-refractivity contribution in [3.63, 3.8) is 0 Å². The van der Waals surface area contributed by atoms with Crippen molar-refractivity contribution in [2.75, 3.05) is 5.32 Å². The van der Waals surface area contributed by atoms with E-state index in [1.807, 2.05) is 12.1 Å². The molecule has 1 atom stereocenters. The van der Waals surface area contributed by atoms with Gasteiger partial charge >= 0.3 is 0 Å². The smallest absolute Gasteiger partial charge is 0.265 e. The Morgan fingerprint density at radius 3 is 2.67 bits per heavy atom. The number of nitrogens with one attached hydrogen (secondary N) is 1. The van der Waals surface area contributed by atoms with Gasteiger partial charge in [0.05, 0.1) is 0 Å². The first-order chi connectivity index (χ1) is 11.5. The molecular weight excluding hydrogens is 302 g/mol. The summed E-state index contributed by atoms with van der Waals surface area (Å²) in [5.74, 6) is 0.274. The fraction of sp³-hybridized carbons (Fsp3) is 0.300. The van der Waals surface area contributed by atoms with Gasteiger partial charge in [-0.1, -0.05) is 18.2 Å². The number of fused-ring (bicyclic) bond motifs is 1. The van der Waals surface area contributed by atoms with E-state index in [1.165, 1.54) is 24.5 Å². The highest BCUT2D eigenvalue weighted by Gasteiger charge is 2.17. The fourth-order valence-corrected chi connectivity index (χ4v) is 2.94. The molecule has 2 aromatic carbocycles. The van der Waals surface area contributed by atoms with Crippen molar-refractivity contribution in [1.82, 2.24) is 0 Å². The number of amides is 1. The van der Waals surface area contributed by atoms with Gasteiger partial charge in [-0.3, -0.25) is 9.59 Å². The summed E-state index contributed by atoms with van der Waals surface area (Å²) < 4.78 is 5.67. The van der Waals surface area contributed by atoms with E-state index in [-0.39, 0.29) is 11.7 Å². The van der Waals surface area contributed by atoms with E-state index in [0.29, 0.717) is 11.3 Å². The Kier molecular flexibility index (Phi) is 4.65. The van der Waals surface area contributed by atoms with Gasteiger partial charge in [0.15, 0.2) is 11.9 Å². The standard InChI is InChI=1S/C20H21NO3/c1-13(22)16-6-4-8-19(12-16)24-14(2)20(23)21-18-10-9-15-5-3-7-17(15)11-18/h4,6,8-12,14H,3,5,7H2,1-2H3,(H,21,23). The number of ether oxygens (including phenoxy) is 1. The van der Waals surface area contributed by atoms with Crippen LogP contribution in [0.2, 0.25) is 0 Å². The van der Waals surface area contributed by atoms with Crippen LogP contribution >= 0.6 is 0 Å². The van der Waals surface area contributed by atoms with Gasteiger partial charge in [-0.2, -0.15) is 0 Å². The third-order valence-electron chi connectivity index (χ3n) is 4.29. The molecule has 1 N–H and O–H groups in total. The van der Waals surface area contributed by atoms with Crippen LogP contribution in [0.25, 0.3) is 0 Å². The number of ketones is 1. The maximum Gasteiger partial charge on any atom is 0.265 e. The number of Topliss-reactive ketones (excluding diaryl/α,β-unsaturated/α-hetero) is 1. The van der Waals surface area contributed by atoms with Crippen LogP contribution in [0.4, 0.5) is 5.69 Å². The topological polar surface area (TPSA) is 55.4 Å². The Balaban J connectivity index is 1.64. The highest BCUT2D eigenvalue weighted by atomic mass is 16.5. The molecule has 0 aliphatic heterocycles. The summed E-state index contributed by atoms with van der Waals surface area (Å²) in [5.41, 5.74) is 4.06. The Labute approximate surface area is 141 Å². The fourth-order valence-electron chi connectivity index (χ4n) is 2.94. The first-order valence-electron chi connectivity index (χ1n) is 8.23. The van der Waals surface area contributed by atoms with Gasteiger partial charge in [0.1, 0.15) is 5.75 Å². The Bertz CT molecular complexity index is 782. The number of anilines is 1. The molecule has 1 aliphatic carbocycles. The average Bonchev–Trinajstić information content (AvgIpc) is 3.02. The first-order valence-corrected chi connectivity index (χ1v) is 8.23. The highest BCUT2D eigenvalue weighted by molar-refractivity contribution is 5.95. The second kappa shape index (κ2) is 6.87. The second-order valence-corrected chi connectivity index (χ2v) is 6.17. The molecule has 0 heterocycles. The molecule has 1 unspecified atom stereocenters. The van der Waals surface area contributed by atoms with Gasteiger partial charge in [0.25, 0.3) is 5.91 Å². The van der Waals surface area contributed by atoms with Gasteiger partial charge < -0.3 is 10.1 Å². The van der Waals surface area contributed by atoms with Crippen LogP contribution in [0.15, 0.2) is 42.5 Å². The summed E-state index contributed by atoms with van der Waals surface area (Å²) in [6.07, 6.45) is 2.72. The van der Waals surface area contributed by atoms with E-state index in [0.717, 1.165) is 18.5 Å². The van der Waals surface area contributed by atoms with Crippen molar-refractivity contribution in [1.29, 1.82) is 0 Å². The minimum absolute atomic E-state index is 0.0318. The number of aryl methyl sites for hydroxylation is 2. The molecule has 0 aromatic heterocycles. The Hall–Kier alpha value is -2.62. The van der Waals surface area contributed by atoms with Crippen molar-refractivity contribution in [2.45, 2.75) is 39.2 Å². The lowest BCUT2D eigenvalue weighted by Crippen LogP contribution is -2.30. The minimum Gasteiger partial charge on any atom is -0.481 e.